The molecule has 0 aliphatic carbocycles. The highest BCUT2D eigenvalue weighted by atomic mass is 19.3. The number of halogens is 2. The van der Waals surface area contributed by atoms with Crippen molar-refractivity contribution in [2.45, 2.75) is 13.0 Å². The maximum atomic E-state index is 12.5. The molecule has 0 saturated carbocycles. The number of nitrogens with zero attached hydrogens (tertiary/aromatic N) is 4. The summed E-state index contributed by atoms with van der Waals surface area (Å²) in [7, 11) is 0. The molecule has 5 nitrogen and oxygen atoms in total. The molecule has 0 atom stereocenters. The van der Waals surface area contributed by atoms with Gasteiger partial charge in [-0.2, -0.15) is 8.78 Å². The van der Waals surface area contributed by atoms with Crippen LogP contribution >= 0.6 is 0 Å². The number of hydrogen-bond acceptors (Lipinski definition) is 4. The molecule has 0 amide bonds. The first-order valence-electron chi connectivity index (χ1n) is 7.31. The SMILES string of the molecule is FC(F)c1nnc(-c2ccc(Cn3ccc4cccnc43)cc2)o1. The second kappa shape index (κ2) is 5.84. The minimum atomic E-state index is -2.76. The first-order chi connectivity index (χ1) is 11.7. The van der Waals surface area contributed by atoms with Crippen LogP contribution in [0.4, 0.5) is 8.78 Å². The Morgan fingerprint density at radius 1 is 1.04 bits per heavy atom. The molecule has 0 N–H and O–H groups in total. The lowest BCUT2D eigenvalue weighted by Gasteiger charge is -2.05. The van der Waals surface area contributed by atoms with Crippen molar-refractivity contribution in [2.75, 3.05) is 0 Å². The Balaban J connectivity index is 1.57. The highest BCUT2D eigenvalue weighted by molar-refractivity contribution is 5.75. The Kier molecular flexibility index (Phi) is 3.53. The van der Waals surface area contributed by atoms with Crippen LogP contribution in [0.2, 0.25) is 0 Å². The molecule has 0 radical (unpaired) electrons. The van der Waals surface area contributed by atoms with Gasteiger partial charge in [0.2, 0.25) is 5.89 Å². The van der Waals surface area contributed by atoms with Gasteiger partial charge in [-0.05, 0) is 35.9 Å². The lowest BCUT2D eigenvalue weighted by atomic mass is 10.1. The van der Waals surface area contributed by atoms with Crippen molar-refractivity contribution in [3.63, 3.8) is 0 Å². The largest absolute Gasteiger partial charge is 0.415 e. The van der Waals surface area contributed by atoms with Gasteiger partial charge in [0.25, 0.3) is 5.89 Å². The first kappa shape index (κ1) is 14.5. The minimum Gasteiger partial charge on any atom is -0.415 e. The molecule has 3 heterocycles. The van der Waals surface area contributed by atoms with Crippen molar-refractivity contribution in [2.24, 2.45) is 0 Å². The summed E-state index contributed by atoms with van der Waals surface area (Å²) >= 11 is 0. The molecule has 4 rings (SSSR count). The van der Waals surface area contributed by atoms with E-state index in [0.717, 1.165) is 16.6 Å². The highest BCUT2D eigenvalue weighted by Crippen LogP contribution is 2.24. The summed E-state index contributed by atoms with van der Waals surface area (Å²) in [4.78, 5) is 4.38. The van der Waals surface area contributed by atoms with Gasteiger partial charge < -0.3 is 8.98 Å². The van der Waals surface area contributed by atoms with Crippen LogP contribution in [0.1, 0.15) is 17.9 Å². The monoisotopic (exact) mass is 326 g/mol. The summed E-state index contributed by atoms with van der Waals surface area (Å²) in [6, 6.07) is 13.3. The van der Waals surface area contributed by atoms with Gasteiger partial charge in [0, 0.05) is 29.9 Å². The number of aromatic nitrogens is 4. The number of alkyl halides is 2. The zero-order valence-corrected chi connectivity index (χ0v) is 12.4. The Bertz CT molecular complexity index is 976. The third-order valence-electron chi connectivity index (χ3n) is 3.70. The van der Waals surface area contributed by atoms with Crippen molar-refractivity contribution < 1.29 is 13.2 Å². The topological polar surface area (TPSA) is 56.7 Å². The van der Waals surface area contributed by atoms with E-state index in [1.165, 1.54) is 0 Å². The van der Waals surface area contributed by atoms with Gasteiger partial charge in [-0.3, -0.25) is 0 Å². The maximum Gasteiger partial charge on any atom is 0.314 e. The van der Waals surface area contributed by atoms with Gasteiger partial charge >= 0.3 is 6.43 Å². The third-order valence-corrected chi connectivity index (χ3v) is 3.70. The molecule has 4 aromatic rings. The van der Waals surface area contributed by atoms with E-state index in [1.807, 2.05) is 41.1 Å². The normalized spacial score (nSPS) is 11.5. The fraction of sp³-hybridized carbons (Fsp3) is 0.118. The molecule has 0 fully saturated rings. The smallest absolute Gasteiger partial charge is 0.314 e. The maximum absolute atomic E-state index is 12.5. The van der Waals surface area contributed by atoms with E-state index in [0.29, 0.717) is 12.1 Å². The molecule has 24 heavy (non-hydrogen) atoms. The third kappa shape index (κ3) is 2.64. The van der Waals surface area contributed by atoms with Crippen LogP contribution < -0.4 is 0 Å². The van der Waals surface area contributed by atoms with E-state index in [9.17, 15) is 8.78 Å². The van der Waals surface area contributed by atoms with Crippen LogP contribution in [0.25, 0.3) is 22.5 Å². The summed E-state index contributed by atoms with van der Waals surface area (Å²) in [6.45, 7) is 0.660. The Labute approximate surface area is 135 Å². The Hall–Kier alpha value is -3.09. The van der Waals surface area contributed by atoms with Gasteiger partial charge in [0.15, 0.2) is 0 Å². The lowest BCUT2D eigenvalue weighted by Crippen LogP contribution is -1.98. The molecule has 7 heteroatoms. The minimum absolute atomic E-state index is 0.0879. The van der Waals surface area contributed by atoms with Crippen LogP contribution in [-0.4, -0.2) is 19.7 Å². The highest BCUT2D eigenvalue weighted by Gasteiger charge is 2.16. The number of hydrogen-bond donors (Lipinski definition) is 0. The molecular formula is C17H12F2N4O. The van der Waals surface area contributed by atoms with E-state index in [4.69, 9.17) is 4.42 Å². The predicted molar refractivity (Wildman–Crippen MR) is 83.5 cm³/mol. The number of rotatable bonds is 4. The number of pyridine rings is 1. The second-order valence-corrected chi connectivity index (χ2v) is 5.30. The lowest BCUT2D eigenvalue weighted by molar-refractivity contribution is 0.116. The molecule has 0 unspecified atom stereocenters. The van der Waals surface area contributed by atoms with E-state index in [-0.39, 0.29) is 5.89 Å². The van der Waals surface area contributed by atoms with E-state index in [2.05, 4.69) is 15.2 Å². The van der Waals surface area contributed by atoms with Crippen LogP contribution in [-0.2, 0) is 6.54 Å². The van der Waals surface area contributed by atoms with Gasteiger partial charge in [-0.15, -0.1) is 10.2 Å². The van der Waals surface area contributed by atoms with Crippen molar-refractivity contribution in [3.8, 4) is 11.5 Å². The molecule has 0 aliphatic rings. The van der Waals surface area contributed by atoms with Crippen molar-refractivity contribution in [3.05, 3.63) is 66.3 Å². The summed E-state index contributed by atoms with van der Waals surface area (Å²) < 4.78 is 32.0. The van der Waals surface area contributed by atoms with E-state index >= 15 is 0 Å². The molecule has 0 saturated heterocycles. The number of fused-ring (bicyclic) bond motifs is 1. The summed E-state index contributed by atoms with van der Waals surface area (Å²) in [5, 5.41) is 8.06. The number of benzene rings is 1. The van der Waals surface area contributed by atoms with E-state index < -0.39 is 12.3 Å². The van der Waals surface area contributed by atoms with E-state index in [1.54, 1.807) is 18.3 Å². The fourth-order valence-electron chi connectivity index (χ4n) is 2.54. The summed E-state index contributed by atoms with van der Waals surface area (Å²) in [6.07, 6.45) is 0.983. The van der Waals surface area contributed by atoms with Crippen LogP contribution in [0.5, 0.6) is 0 Å². The zero-order valence-electron chi connectivity index (χ0n) is 12.4. The van der Waals surface area contributed by atoms with Gasteiger partial charge in [0.1, 0.15) is 5.65 Å². The van der Waals surface area contributed by atoms with Crippen molar-refractivity contribution >= 4 is 11.0 Å². The van der Waals surface area contributed by atoms with Crippen molar-refractivity contribution in [1.82, 2.24) is 19.7 Å². The Morgan fingerprint density at radius 3 is 2.62 bits per heavy atom. The second-order valence-electron chi connectivity index (χ2n) is 5.30. The summed E-state index contributed by atoms with van der Waals surface area (Å²) in [5.74, 6) is -0.580. The van der Waals surface area contributed by atoms with Gasteiger partial charge in [0.05, 0.1) is 0 Å². The van der Waals surface area contributed by atoms with Crippen LogP contribution in [0.15, 0.2) is 59.3 Å². The molecule has 0 bridgehead atoms. The molecular weight excluding hydrogens is 314 g/mol. The Morgan fingerprint density at radius 2 is 1.88 bits per heavy atom. The molecule has 0 aliphatic heterocycles. The van der Waals surface area contributed by atoms with Gasteiger partial charge in [-0.1, -0.05) is 12.1 Å². The first-order valence-corrected chi connectivity index (χ1v) is 7.31. The predicted octanol–water partition coefficient (Wildman–Crippen LogP) is 4.07. The van der Waals surface area contributed by atoms with Crippen LogP contribution in [0, 0.1) is 0 Å². The average molecular weight is 326 g/mol. The zero-order chi connectivity index (χ0) is 16.5. The molecule has 0 spiro atoms. The van der Waals surface area contributed by atoms with Crippen LogP contribution in [0.3, 0.4) is 0 Å². The molecule has 120 valence electrons. The summed E-state index contributed by atoms with van der Waals surface area (Å²) in [5.41, 5.74) is 2.57. The standard InChI is InChI=1S/C17H12F2N4O/c18-14(19)17-22-21-16(24-17)13-5-3-11(4-6-13)10-23-9-7-12-2-1-8-20-15(12)23/h1-9,14H,10H2. The van der Waals surface area contributed by atoms with Gasteiger partial charge in [-0.25, -0.2) is 4.98 Å². The average Bonchev–Trinajstić information content (AvgIpc) is 3.24. The molecule has 3 aromatic heterocycles. The fourth-order valence-corrected chi connectivity index (χ4v) is 2.54. The van der Waals surface area contributed by atoms with Crippen molar-refractivity contribution in [1.29, 1.82) is 0 Å². The molecule has 1 aromatic carbocycles. The quantitative estimate of drug-likeness (QED) is 0.567.